The summed E-state index contributed by atoms with van der Waals surface area (Å²) in [5, 5.41) is 8.25. The summed E-state index contributed by atoms with van der Waals surface area (Å²) < 4.78 is 23.7. The van der Waals surface area contributed by atoms with Gasteiger partial charge in [-0.3, -0.25) is 4.98 Å². The molecule has 3 aromatic heterocycles. The van der Waals surface area contributed by atoms with Gasteiger partial charge in [0, 0.05) is 16.8 Å². The zero-order valence-corrected chi connectivity index (χ0v) is 14.4. The molecule has 0 saturated heterocycles. The molecule has 8 heteroatoms. The number of fused-ring (bicyclic) bond motifs is 1. The number of halogens is 1. The molecule has 4 aromatic rings. The fourth-order valence-electron chi connectivity index (χ4n) is 2.47. The van der Waals surface area contributed by atoms with Crippen LogP contribution in [-0.2, 0) is 11.3 Å². The van der Waals surface area contributed by atoms with Crippen molar-refractivity contribution in [3.8, 4) is 11.5 Å². The highest BCUT2D eigenvalue weighted by molar-refractivity contribution is 7.08. The van der Waals surface area contributed by atoms with E-state index in [0.717, 1.165) is 5.56 Å². The Morgan fingerprint density at radius 1 is 1.27 bits per heavy atom. The van der Waals surface area contributed by atoms with E-state index in [9.17, 15) is 9.18 Å². The Bertz CT molecular complexity index is 1090. The minimum atomic E-state index is -0.553. The Labute approximate surface area is 151 Å². The third kappa shape index (κ3) is 3.18. The standard InChI is InChI=1S/C18H12FN3O3S/c1-10-14(6-11-2-3-13(19)7-15(11)20-10)18(23)24-8-16-21-17(25-22-16)12-4-5-26-9-12/h2-7,9H,8H2,1H3. The third-order valence-electron chi connectivity index (χ3n) is 3.76. The highest BCUT2D eigenvalue weighted by Crippen LogP contribution is 2.21. The first-order valence-corrected chi connectivity index (χ1v) is 8.63. The van der Waals surface area contributed by atoms with Crippen LogP contribution in [0.5, 0.6) is 0 Å². The summed E-state index contributed by atoms with van der Waals surface area (Å²) in [6, 6.07) is 7.70. The van der Waals surface area contributed by atoms with Crippen molar-refractivity contribution in [3.05, 3.63) is 64.0 Å². The van der Waals surface area contributed by atoms with E-state index in [1.54, 1.807) is 19.1 Å². The molecule has 0 aliphatic heterocycles. The van der Waals surface area contributed by atoms with Gasteiger partial charge >= 0.3 is 5.97 Å². The molecule has 26 heavy (non-hydrogen) atoms. The molecule has 0 aliphatic carbocycles. The van der Waals surface area contributed by atoms with Crippen LogP contribution in [0, 0.1) is 12.7 Å². The summed E-state index contributed by atoms with van der Waals surface area (Å²) in [5.74, 6) is -0.280. The monoisotopic (exact) mass is 369 g/mol. The van der Waals surface area contributed by atoms with Crippen LogP contribution in [0.15, 0.2) is 45.6 Å². The molecule has 0 N–H and O–H groups in total. The Kier molecular flexibility index (Phi) is 4.18. The van der Waals surface area contributed by atoms with Crippen molar-refractivity contribution in [2.45, 2.75) is 13.5 Å². The largest absolute Gasteiger partial charge is 0.454 e. The molecular formula is C18H12FN3O3S. The van der Waals surface area contributed by atoms with E-state index in [0.29, 0.717) is 28.1 Å². The van der Waals surface area contributed by atoms with Gasteiger partial charge in [-0.25, -0.2) is 9.18 Å². The molecule has 0 amide bonds. The van der Waals surface area contributed by atoms with Crippen molar-refractivity contribution in [1.29, 1.82) is 0 Å². The normalized spacial score (nSPS) is 11.0. The van der Waals surface area contributed by atoms with Gasteiger partial charge in [0.1, 0.15) is 5.82 Å². The van der Waals surface area contributed by atoms with Gasteiger partial charge in [0.05, 0.1) is 22.3 Å². The molecule has 0 unspecified atom stereocenters. The van der Waals surface area contributed by atoms with E-state index in [1.165, 1.54) is 23.5 Å². The number of carbonyl (C=O) groups is 1. The second kappa shape index (κ2) is 6.64. The van der Waals surface area contributed by atoms with Crippen molar-refractivity contribution >= 4 is 28.2 Å². The average Bonchev–Trinajstić information content (AvgIpc) is 3.30. The van der Waals surface area contributed by atoms with Gasteiger partial charge in [0.25, 0.3) is 5.89 Å². The Hall–Kier alpha value is -3.13. The molecule has 4 rings (SSSR count). The number of nitrogens with zero attached hydrogens (tertiary/aromatic N) is 3. The summed E-state index contributed by atoms with van der Waals surface area (Å²) in [4.78, 5) is 20.8. The summed E-state index contributed by atoms with van der Waals surface area (Å²) in [6.45, 7) is 1.55. The van der Waals surface area contributed by atoms with Crippen LogP contribution in [0.1, 0.15) is 21.9 Å². The number of rotatable bonds is 4. The van der Waals surface area contributed by atoms with E-state index in [4.69, 9.17) is 9.26 Å². The maximum atomic E-state index is 13.3. The van der Waals surface area contributed by atoms with Crippen molar-refractivity contribution in [1.82, 2.24) is 15.1 Å². The van der Waals surface area contributed by atoms with Crippen LogP contribution in [0.3, 0.4) is 0 Å². The number of pyridine rings is 1. The molecule has 3 heterocycles. The molecular weight excluding hydrogens is 357 g/mol. The summed E-state index contributed by atoms with van der Waals surface area (Å²) in [6.07, 6.45) is 0. The number of hydrogen-bond donors (Lipinski definition) is 0. The lowest BCUT2D eigenvalue weighted by Crippen LogP contribution is -2.09. The van der Waals surface area contributed by atoms with Crippen LogP contribution >= 0.6 is 11.3 Å². The predicted molar refractivity (Wildman–Crippen MR) is 93.2 cm³/mol. The zero-order chi connectivity index (χ0) is 18.1. The molecule has 0 spiro atoms. The van der Waals surface area contributed by atoms with Crippen molar-refractivity contribution < 1.29 is 18.4 Å². The summed E-state index contributed by atoms with van der Waals surface area (Å²) in [7, 11) is 0. The summed E-state index contributed by atoms with van der Waals surface area (Å²) >= 11 is 1.52. The molecule has 130 valence electrons. The van der Waals surface area contributed by atoms with Gasteiger partial charge in [-0.05, 0) is 36.6 Å². The van der Waals surface area contributed by atoms with Gasteiger partial charge in [-0.1, -0.05) is 5.16 Å². The highest BCUT2D eigenvalue weighted by atomic mass is 32.1. The van der Waals surface area contributed by atoms with E-state index in [2.05, 4.69) is 15.1 Å². The molecule has 6 nitrogen and oxygen atoms in total. The number of hydrogen-bond acceptors (Lipinski definition) is 7. The number of ether oxygens (including phenoxy) is 1. The lowest BCUT2D eigenvalue weighted by atomic mass is 10.1. The molecule has 0 radical (unpaired) electrons. The number of esters is 1. The quantitative estimate of drug-likeness (QED) is 0.503. The average molecular weight is 369 g/mol. The van der Waals surface area contributed by atoms with Crippen molar-refractivity contribution in [2.75, 3.05) is 0 Å². The van der Waals surface area contributed by atoms with E-state index >= 15 is 0 Å². The minimum absolute atomic E-state index is 0.118. The molecule has 0 aliphatic rings. The van der Waals surface area contributed by atoms with Crippen LogP contribution in [0.4, 0.5) is 4.39 Å². The maximum absolute atomic E-state index is 13.3. The van der Waals surface area contributed by atoms with Crippen LogP contribution in [-0.4, -0.2) is 21.1 Å². The zero-order valence-electron chi connectivity index (χ0n) is 13.6. The van der Waals surface area contributed by atoms with Gasteiger partial charge < -0.3 is 9.26 Å². The van der Waals surface area contributed by atoms with E-state index in [1.807, 2.05) is 16.8 Å². The van der Waals surface area contributed by atoms with Crippen LogP contribution in [0.2, 0.25) is 0 Å². The Morgan fingerprint density at radius 2 is 2.15 bits per heavy atom. The maximum Gasteiger partial charge on any atom is 0.340 e. The highest BCUT2D eigenvalue weighted by Gasteiger charge is 2.16. The Balaban J connectivity index is 1.51. The SMILES string of the molecule is Cc1nc2cc(F)ccc2cc1C(=O)OCc1noc(-c2ccsc2)n1. The van der Waals surface area contributed by atoms with Crippen LogP contribution in [0.25, 0.3) is 22.4 Å². The topological polar surface area (TPSA) is 78.1 Å². The smallest absolute Gasteiger partial charge is 0.340 e. The number of carbonyl (C=O) groups excluding carboxylic acids is 1. The van der Waals surface area contributed by atoms with Gasteiger partial charge in [0.2, 0.25) is 5.82 Å². The van der Waals surface area contributed by atoms with Gasteiger partial charge in [-0.2, -0.15) is 16.3 Å². The molecule has 0 saturated carbocycles. The Morgan fingerprint density at radius 3 is 2.96 bits per heavy atom. The molecule has 0 atom stereocenters. The lowest BCUT2D eigenvalue weighted by molar-refractivity contribution is 0.0458. The number of thiophene rings is 1. The predicted octanol–water partition coefficient (Wildman–Crippen LogP) is 4.15. The number of aryl methyl sites for hydroxylation is 1. The van der Waals surface area contributed by atoms with Crippen molar-refractivity contribution in [2.24, 2.45) is 0 Å². The first-order valence-electron chi connectivity index (χ1n) is 7.69. The number of benzene rings is 1. The lowest BCUT2D eigenvalue weighted by Gasteiger charge is -2.07. The van der Waals surface area contributed by atoms with Gasteiger partial charge in [0.15, 0.2) is 6.61 Å². The summed E-state index contributed by atoms with van der Waals surface area (Å²) in [5.41, 5.74) is 2.07. The minimum Gasteiger partial charge on any atom is -0.454 e. The third-order valence-corrected chi connectivity index (χ3v) is 4.44. The molecule has 1 aromatic carbocycles. The van der Waals surface area contributed by atoms with E-state index < -0.39 is 5.97 Å². The second-order valence-corrected chi connectivity index (χ2v) is 6.34. The van der Waals surface area contributed by atoms with Crippen molar-refractivity contribution in [3.63, 3.8) is 0 Å². The first-order chi connectivity index (χ1) is 12.6. The first kappa shape index (κ1) is 16.3. The van der Waals surface area contributed by atoms with Gasteiger partial charge in [-0.15, -0.1) is 0 Å². The number of aromatic nitrogens is 3. The van der Waals surface area contributed by atoms with Crippen LogP contribution < -0.4 is 0 Å². The fourth-order valence-corrected chi connectivity index (χ4v) is 3.10. The van der Waals surface area contributed by atoms with E-state index in [-0.39, 0.29) is 18.2 Å². The molecule has 0 fully saturated rings. The second-order valence-electron chi connectivity index (χ2n) is 5.56. The fraction of sp³-hybridized carbons (Fsp3) is 0.111. The molecule has 0 bridgehead atoms.